The highest BCUT2D eigenvalue weighted by atomic mass is 19.1. The molecule has 3 heterocycles. The summed E-state index contributed by atoms with van der Waals surface area (Å²) in [7, 11) is 0. The summed E-state index contributed by atoms with van der Waals surface area (Å²) in [5.74, 6) is 1.96. The predicted octanol–water partition coefficient (Wildman–Crippen LogP) is 5.77. The maximum atomic E-state index is 13.6. The topological polar surface area (TPSA) is 67.2 Å². The van der Waals surface area contributed by atoms with E-state index in [1.54, 1.807) is 16.8 Å². The second kappa shape index (κ2) is 11.5. The number of hydrogen-bond donors (Lipinski definition) is 0. The Balaban J connectivity index is 1.47. The van der Waals surface area contributed by atoms with Gasteiger partial charge in [-0.05, 0) is 74.1 Å². The Labute approximate surface area is 229 Å². The van der Waals surface area contributed by atoms with Gasteiger partial charge >= 0.3 is 0 Å². The second-order valence-corrected chi connectivity index (χ2v) is 10.8. The van der Waals surface area contributed by atoms with Gasteiger partial charge in [-0.3, -0.25) is 4.79 Å². The Kier molecular flexibility index (Phi) is 7.91. The number of hydrogen-bond acceptors (Lipinski definition) is 5. The van der Waals surface area contributed by atoms with Crippen LogP contribution in [-0.4, -0.2) is 56.7 Å². The summed E-state index contributed by atoms with van der Waals surface area (Å²) < 4.78 is 15.4. The molecule has 5 rings (SSSR count). The molecular formula is C31H37FN6O. The lowest BCUT2D eigenvalue weighted by molar-refractivity contribution is 0.0767. The van der Waals surface area contributed by atoms with Crippen LogP contribution in [0.2, 0.25) is 0 Å². The number of nitrogens with zero attached hydrogens (tertiary/aromatic N) is 6. The van der Waals surface area contributed by atoms with Crippen molar-refractivity contribution in [3.8, 4) is 5.69 Å². The van der Waals surface area contributed by atoms with Crippen LogP contribution in [0.4, 0.5) is 10.2 Å². The van der Waals surface area contributed by atoms with Crippen LogP contribution >= 0.6 is 0 Å². The van der Waals surface area contributed by atoms with Gasteiger partial charge in [0.25, 0.3) is 5.91 Å². The molecule has 0 spiro atoms. The van der Waals surface area contributed by atoms with Crippen LogP contribution in [0.3, 0.4) is 0 Å². The first-order chi connectivity index (χ1) is 18.8. The highest BCUT2D eigenvalue weighted by Crippen LogP contribution is 2.30. The van der Waals surface area contributed by atoms with Crippen LogP contribution in [0.25, 0.3) is 16.7 Å². The van der Waals surface area contributed by atoms with E-state index in [-0.39, 0.29) is 11.7 Å². The molecule has 39 heavy (non-hydrogen) atoms. The van der Waals surface area contributed by atoms with Crippen molar-refractivity contribution in [1.82, 2.24) is 24.6 Å². The summed E-state index contributed by atoms with van der Waals surface area (Å²) in [6, 6.07) is 14.3. The van der Waals surface area contributed by atoms with E-state index in [1.165, 1.54) is 17.7 Å². The molecule has 0 N–H and O–H groups in total. The number of fused-ring (bicyclic) bond motifs is 1. The van der Waals surface area contributed by atoms with E-state index in [4.69, 9.17) is 15.1 Å². The van der Waals surface area contributed by atoms with Gasteiger partial charge in [0.2, 0.25) is 0 Å². The van der Waals surface area contributed by atoms with Gasteiger partial charge in [-0.15, -0.1) is 0 Å². The van der Waals surface area contributed by atoms with Crippen LogP contribution in [0.1, 0.15) is 61.1 Å². The summed E-state index contributed by atoms with van der Waals surface area (Å²) in [6.45, 7) is 11.3. The zero-order chi connectivity index (χ0) is 27.5. The minimum atomic E-state index is -0.287. The lowest BCUT2D eigenvalue weighted by Gasteiger charge is -2.24. The monoisotopic (exact) mass is 528 g/mol. The van der Waals surface area contributed by atoms with Gasteiger partial charge in [0.15, 0.2) is 5.65 Å². The fourth-order valence-corrected chi connectivity index (χ4v) is 5.12. The van der Waals surface area contributed by atoms with Crippen LogP contribution in [0.15, 0.2) is 48.5 Å². The SMILES string of the molecule is CCc1ccc(C(=O)N2CCCN(c3nc(CCC(C)C)nc4c3c(C)nn4-c3ccc(F)cc3)CC2)cc1. The number of aryl methyl sites for hydroxylation is 3. The van der Waals surface area contributed by atoms with Crippen LogP contribution in [-0.2, 0) is 12.8 Å². The number of amides is 1. The number of aromatic nitrogens is 4. The van der Waals surface area contributed by atoms with Gasteiger partial charge in [0, 0.05) is 38.2 Å². The van der Waals surface area contributed by atoms with E-state index in [0.29, 0.717) is 25.6 Å². The molecule has 0 aliphatic carbocycles. The molecule has 0 radical (unpaired) electrons. The minimum absolute atomic E-state index is 0.0743. The summed E-state index contributed by atoms with van der Waals surface area (Å²) in [6.07, 6.45) is 3.54. The number of carbonyl (C=O) groups excluding carboxylic acids is 1. The lowest BCUT2D eigenvalue weighted by Crippen LogP contribution is -2.35. The summed E-state index contributed by atoms with van der Waals surface area (Å²) in [5.41, 5.74) is 4.28. The Morgan fingerprint density at radius 2 is 1.72 bits per heavy atom. The Hall–Kier alpha value is -3.81. The number of halogens is 1. The van der Waals surface area contributed by atoms with E-state index in [0.717, 1.165) is 71.8 Å². The smallest absolute Gasteiger partial charge is 0.253 e. The Bertz CT molecular complexity index is 1440. The zero-order valence-corrected chi connectivity index (χ0v) is 23.3. The van der Waals surface area contributed by atoms with E-state index >= 15 is 0 Å². The normalized spacial score (nSPS) is 14.3. The first-order valence-electron chi connectivity index (χ1n) is 14.0. The van der Waals surface area contributed by atoms with Crippen LogP contribution in [0.5, 0.6) is 0 Å². The second-order valence-electron chi connectivity index (χ2n) is 10.8. The maximum Gasteiger partial charge on any atom is 0.253 e. The van der Waals surface area contributed by atoms with E-state index in [9.17, 15) is 9.18 Å². The molecule has 1 aliphatic rings. The van der Waals surface area contributed by atoms with E-state index < -0.39 is 0 Å². The largest absolute Gasteiger partial charge is 0.354 e. The summed E-state index contributed by atoms with van der Waals surface area (Å²) in [4.78, 5) is 27.5. The molecule has 1 amide bonds. The van der Waals surface area contributed by atoms with Gasteiger partial charge in [-0.25, -0.2) is 19.0 Å². The maximum absolute atomic E-state index is 13.6. The third-order valence-electron chi connectivity index (χ3n) is 7.44. The molecule has 0 bridgehead atoms. The quantitative estimate of drug-likeness (QED) is 0.305. The molecule has 0 atom stereocenters. The molecule has 2 aromatic heterocycles. The third-order valence-corrected chi connectivity index (χ3v) is 7.44. The molecule has 7 nitrogen and oxygen atoms in total. The molecule has 4 aromatic rings. The molecule has 1 aliphatic heterocycles. The average molecular weight is 529 g/mol. The highest BCUT2D eigenvalue weighted by molar-refractivity contribution is 5.94. The minimum Gasteiger partial charge on any atom is -0.354 e. The van der Waals surface area contributed by atoms with Crippen LogP contribution < -0.4 is 4.90 Å². The summed E-state index contributed by atoms with van der Waals surface area (Å²) >= 11 is 0. The molecule has 1 saturated heterocycles. The standard InChI is InChI=1S/C31H37FN6O/c1-5-23-8-10-24(11-9-23)31(39)37-18-6-17-36(19-20-37)29-28-22(4)35-38(26-14-12-25(32)13-15-26)30(28)34-27(33-29)16-7-21(2)3/h8-15,21H,5-7,16-20H2,1-4H3. The summed E-state index contributed by atoms with van der Waals surface area (Å²) in [5, 5.41) is 5.71. The van der Waals surface area contributed by atoms with Gasteiger partial charge in [0.05, 0.1) is 16.8 Å². The zero-order valence-electron chi connectivity index (χ0n) is 23.3. The molecule has 8 heteroatoms. The Morgan fingerprint density at radius 3 is 2.41 bits per heavy atom. The van der Waals surface area contributed by atoms with Crippen molar-refractivity contribution in [2.24, 2.45) is 5.92 Å². The van der Waals surface area contributed by atoms with Crippen molar-refractivity contribution in [3.63, 3.8) is 0 Å². The molecular weight excluding hydrogens is 491 g/mol. The van der Waals surface area contributed by atoms with Crippen LogP contribution in [0, 0.1) is 18.7 Å². The lowest BCUT2D eigenvalue weighted by atomic mass is 10.1. The fourth-order valence-electron chi connectivity index (χ4n) is 5.12. The van der Waals surface area contributed by atoms with Crippen molar-refractivity contribution in [2.75, 3.05) is 31.1 Å². The van der Waals surface area contributed by atoms with Gasteiger partial charge in [-0.2, -0.15) is 5.10 Å². The molecule has 204 valence electrons. The first-order valence-corrected chi connectivity index (χ1v) is 14.0. The van der Waals surface area contributed by atoms with Gasteiger partial charge in [-0.1, -0.05) is 32.9 Å². The van der Waals surface area contributed by atoms with Crippen molar-refractivity contribution in [2.45, 2.75) is 53.4 Å². The molecule has 2 aromatic carbocycles. The van der Waals surface area contributed by atoms with Crippen molar-refractivity contribution >= 4 is 22.8 Å². The molecule has 1 fully saturated rings. The number of anilines is 1. The fraction of sp³-hybridized carbons (Fsp3) is 0.419. The number of carbonyl (C=O) groups is 1. The Morgan fingerprint density at radius 1 is 0.974 bits per heavy atom. The third kappa shape index (κ3) is 5.79. The predicted molar refractivity (Wildman–Crippen MR) is 153 cm³/mol. The van der Waals surface area contributed by atoms with Crippen molar-refractivity contribution < 1.29 is 9.18 Å². The molecule has 0 saturated carbocycles. The van der Waals surface area contributed by atoms with E-state index in [1.807, 2.05) is 36.1 Å². The average Bonchev–Trinajstić information content (AvgIpc) is 3.11. The van der Waals surface area contributed by atoms with Gasteiger partial charge < -0.3 is 9.80 Å². The first kappa shape index (κ1) is 26.8. The van der Waals surface area contributed by atoms with Gasteiger partial charge in [0.1, 0.15) is 17.5 Å². The number of benzene rings is 2. The van der Waals surface area contributed by atoms with Crippen molar-refractivity contribution in [1.29, 1.82) is 0 Å². The molecule has 0 unspecified atom stereocenters. The number of rotatable bonds is 7. The highest BCUT2D eigenvalue weighted by Gasteiger charge is 2.25. The van der Waals surface area contributed by atoms with E-state index in [2.05, 4.69) is 25.7 Å². The van der Waals surface area contributed by atoms with Crippen molar-refractivity contribution in [3.05, 3.63) is 77.0 Å².